The molecule has 0 heterocycles. The number of hydrogen-bond donors (Lipinski definition) is 3. The number of para-hydroxylation sites is 1. The maximum Gasteiger partial charge on any atom is 0.416 e. The minimum Gasteiger partial charge on any atom is -0.497 e. The number of nitrogens with one attached hydrogen (secondary N) is 2. The smallest absolute Gasteiger partial charge is 0.416 e. The first kappa shape index (κ1) is 26.7. The third kappa shape index (κ3) is 8.70. The van der Waals surface area contributed by atoms with Crippen LogP contribution < -0.4 is 19.6 Å². The number of methoxy groups -OCH3 is 1. The molecule has 1 amide bonds. The zero-order chi connectivity index (χ0) is 26.6. The zero-order valence-electron chi connectivity index (χ0n) is 20.5. The number of carbonyl (C=O) groups is 2. The third-order valence-corrected chi connectivity index (χ3v) is 5.09. The predicted octanol–water partition coefficient (Wildman–Crippen LogP) is 4.67. The molecular formula is C27H28N4O6. The van der Waals surface area contributed by atoms with Crippen LogP contribution in [0.15, 0.2) is 84.0 Å². The van der Waals surface area contributed by atoms with Crippen molar-refractivity contribution in [3.05, 3.63) is 84.4 Å². The van der Waals surface area contributed by atoms with Crippen LogP contribution in [-0.4, -0.2) is 53.8 Å². The summed E-state index contributed by atoms with van der Waals surface area (Å²) in [6.07, 6.45) is -0.791. The Balaban J connectivity index is 1.54. The number of aliphatic carboxylic acids is 1. The van der Waals surface area contributed by atoms with Crippen LogP contribution in [0.4, 0.5) is 10.5 Å². The summed E-state index contributed by atoms with van der Waals surface area (Å²) in [4.78, 5) is 25.0. The number of ether oxygens (including phenoxy) is 3. The van der Waals surface area contributed by atoms with Crippen LogP contribution in [0, 0.1) is 5.41 Å². The van der Waals surface area contributed by atoms with E-state index in [1.165, 1.54) is 7.11 Å². The maximum absolute atomic E-state index is 12.6. The van der Waals surface area contributed by atoms with Crippen LogP contribution in [0.2, 0.25) is 0 Å². The molecule has 0 radical (unpaired) electrons. The molecule has 3 aromatic rings. The molecule has 0 saturated heterocycles. The maximum atomic E-state index is 12.6. The molecule has 0 spiro atoms. The molecule has 10 heteroatoms. The Hall–Kier alpha value is -4.86. The molecule has 3 rings (SSSR count). The van der Waals surface area contributed by atoms with Crippen molar-refractivity contribution >= 4 is 29.2 Å². The van der Waals surface area contributed by atoms with Gasteiger partial charge in [0.1, 0.15) is 30.4 Å². The van der Waals surface area contributed by atoms with Gasteiger partial charge in [0.15, 0.2) is 0 Å². The van der Waals surface area contributed by atoms with E-state index in [0.717, 1.165) is 10.6 Å². The van der Waals surface area contributed by atoms with Gasteiger partial charge in [0.25, 0.3) is 0 Å². The van der Waals surface area contributed by atoms with Gasteiger partial charge in [-0.2, -0.15) is 5.10 Å². The van der Waals surface area contributed by atoms with Crippen LogP contribution in [0.5, 0.6) is 17.2 Å². The third-order valence-electron chi connectivity index (χ3n) is 5.09. The SMILES string of the molecule is COc1ccc(OC(=O)N(CC(=O)O)Cc2ccc(OCC(=N)/C(C)=N\Nc3ccccc3)cc2)cc1. The van der Waals surface area contributed by atoms with Crippen molar-refractivity contribution in [2.24, 2.45) is 5.10 Å². The van der Waals surface area contributed by atoms with Crippen molar-refractivity contribution in [1.29, 1.82) is 5.41 Å². The molecule has 37 heavy (non-hydrogen) atoms. The standard InChI is InChI=1S/C27H28N4O6/c1-19(29-30-21-6-4-3-5-7-21)25(28)18-36-23-10-8-20(9-11-23)16-31(17-26(32)33)27(34)37-24-14-12-22(35-2)13-15-24/h3-15,28,30H,16-18H2,1-2H3,(H,32,33)/b28-25?,29-19-. The van der Waals surface area contributed by atoms with Crippen molar-refractivity contribution in [3.8, 4) is 17.2 Å². The van der Waals surface area contributed by atoms with Crippen molar-refractivity contribution in [3.63, 3.8) is 0 Å². The van der Waals surface area contributed by atoms with Crippen LogP contribution in [0.3, 0.4) is 0 Å². The lowest BCUT2D eigenvalue weighted by Crippen LogP contribution is -2.37. The summed E-state index contributed by atoms with van der Waals surface area (Å²) in [5.74, 6) is 0.225. The summed E-state index contributed by atoms with van der Waals surface area (Å²) in [6.45, 7) is 1.23. The van der Waals surface area contributed by atoms with Gasteiger partial charge in [-0.3, -0.25) is 20.5 Å². The van der Waals surface area contributed by atoms with Gasteiger partial charge in [0.2, 0.25) is 0 Å². The second-order valence-electron chi connectivity index (χ2n) is 7.88. The number of amides is 1. The second-order valence-corrected chi connectivity index (χ2v) is 7.88. The van der Waals surface area contributed by atoms with Crippen LogP contribution in [0.1, 0.15) is 12.5 Å². The van der Waals surface area contributed by atoms with Crippen molar-refractivity contribution < 1.29 is 28.9 Å². The molecule has 0 aromatic heterocycles. The highest BCUT2D eigenvalue weighted by atomic mass is 16.6. The van der Waals surface area contributed by atoms with E-state index in [1.807, 2.05) is 30.3 Å². The summed E-state index contributed by atoms with van der Waals surface area (Å²) >= 11 is 0. The quantitative estimate of drug-likeness (QED) is 0.241. The molecule has 3 N–H and O–H groups in total. The summed E-state index contributed by atoms with van der Waals surface area (Å²) < 4.78 is 16.1. The monoisotopic (exact) mass is 504 g/mol. The number of carboxylic acid groups (broad SMARTS) is 1. The summed E-state index contributed by atoms with van der Waals surface area (Å²) in [6, 6.07) is 22.6. The highest BCUT2D eigenvalue weighted by Gasteiger charge is 2.19. The molecule has 0 fully saturated rings. The summed E-state index contributed by atoms with van der Waals surface area (Å²) in [5, 5.41) is 21.6. The average molecular weight is 505 g/mol. The fourth-order valence-corrected chi connectivity index (χ4v) is 3.06. The zero-order valence-corrected chi connectivity index (χ0v) is 20.5. The largest absolute Gasteiger partial charge is 0.497 e. The van der Waals surface area contributed by atoms with Crippen molar-refractivity contribution in [2.45, 2.75) is 13.5 Å². The number of benzene rings is 3. The molecule has 3 aromatic carbocycles. The lowest BCUT2D eigenvalue weighted by atomic mass is 10.2. The van der Waals surface area contributed by atoms with Crippen LogP contribution in [0.25, 0.3) is 0 Å². The van der Waals surface area contributed by atoms with Gasteiger partial charge >= 0.3 is 12.1 Å². The van der Waals surface area contributed by atoms with E-state index >= 15 is 0 Å². The number of anilines is 1. The number of hydrogen-bond acceptors (Lipinski definition) is 8. The first-order valence-electron chi connectivity index (χ1n) is 11.3. The summed E-state index contributed by atoms with van der Waals surface area (Å²) in [5.41, 5.74) is 5.09. The lowest BCUT2D eigenvalue weighted by molar-refractivity contribution is -0.138. The normalized spacial score (nSPS) is 10.8. The highest BCUT2D eigenvalue weighted by Crippen LogP contribution is 2.19. The fourth-order valence-electron chi connectivity index (χ4n) is 3.06. The van der Waals surface area contributed by atoms with E-state index in [4.69, 9.17) is 19.6 Å². The number of rotatable bonds is 12. The molecule has 0 saturated carbocycles. The van der Waals surface area contributed by atoms with E-state index in [2.05, 4.69) is 10.5 Å². The predicted molar refractivity (Wildman–Crippen MR) is 140 cm³/mol. The molecule has 0 aliphatic rings. The van der Waals surface area contributed by atoms with E-state index in [0.29, 0.717) is 22.8 Å². The summed E-state index contributed by atoms with van der Waals surface area (Å²) in [7, 11) is 1.52. The minimum absolute atomic E-state index is 0.0183. The number of nitrogens with zero attached hydrogens (tertiary/aromatic N) is 2. The van der Waals surface area contributed by atoms with Crippen molar-refractivity contribution in [2.75, 3.05) is 25.7 Å². The van der Waals surface area contributed by atoms with Gasteiger partial charge in [0.05, 0.1) is 24.2 Å². The molecule has 0 atom stereocenters. The van der Waals surface area contributed by atoms with Gasteiger partial charge in [-0.1, -0.05) is 30.3 Å². The molecule has 0 unspecified atom stereocenters. The lowest BCUT2D eigenvalue weighted by Gasteiger charge is -2.20. The van der Waals surface area contributed by atoms with Crippen LogP contribution >= 0.6 is 0 Å². The highest BCUT2D eigenvalue weighted by molar-refractivity contribution is 6.41. The second kappa shape index (κ2) is 13.3. The van der Waals surface area contributed by atoms with E-state index in [9.17, 15) is 14.7 Å². The van der Waals surface area contributed by atoms with E-state index in [1.54, 1.807) is 55.5 Å². The van der Waals surface area contributed by atoms with E-state index in [-0.39, 0.29) is 24.6 Å². The van der Waals surface area contributed by atoms with Gasteiger partial charge in [-0.05, 0) is 61.0 Å². The van der Waals surface area contributed by atoms with E-state index < -0.39 is 18.6 Å². The van der Waals surface area contributed by atoms with Gasteiger partial charge in [0, 0.05) is 6.54 Å². The molecule has 0 bridgehead atoms. The Kier molecular flexibility index (Phi) is 9.60. The Morgan fingerprint density at radius 2 is 1.57 bits per heavy atom. The Morgan fingerprint density at radius 3 is 2.19 bits per heavy atom. The average Bonchev–Trinajstić information content (AvgIpc) is 2.91. The fraction of sp³-hybridized carbons (Fsp3) is 0.185. The number of carboxylic acids is 1. The molecule has 192 valence electrons. The first-order valence-corrected chi connectivity index (χ1v) is 11.3. The topological polar surface area (TPSA) is 134 Å². The van der Waals surface area contributed by atoms with Crippen molar-refractivity contribution in [1.82, 2.24) is 4.90 Å². The number of hydrazone groups is 1. The molecular weight excluding hydrogens is 476 g/mol. The first-order chi connectivity index (χ1) is 17.8. The number of carbonyl (C=O) groups excluding carboxylic acids is 1. The Morgan fingerprint density at radius 1 is 0.946 bits per heavy atom. The molecule has 10 nitrogen and oxygen atoms in total. The molecule has 0 aliphatic carbocycles. The Bertz CT molecular complexity index is 1230. The Labute approximate surface area is 214 Å². The van der Waals surface area contributed by atoms with Gasteiger partial charge < -0.3 is 19.3 Å². The van der Waals surface area contributed by atoms with Gasteiger partial charge in [-0.25, -0.2) is 4.79 Å². The van der Waals surface area contributed by atoms with Crippen LogP contribution in [-0.2, 0) is 11.3 Å². The molecule has 0 aliphatic heterocycles. The van der Waals surface area contributed by atoms with Gasteiger partial charge in [-0.15, -0.1) is 0 Å². The minimum atomic E-state index is -1.16.